The zero-order valence-corrected chi connectivity index (χ0v) is 23.9. The molecule has 0 aromatic carbocycles. The van der Waals surface area contributed by atoms with Crippen LogP contribution in [0.1, 0.15) is 95.4 Å². The van der Waals surface area contributed by atoms with E-state index in [4.69, 9.17) is 23.7 Å². The number of hydrogen-bond acceptors (Lipinski definition) is 5. The molecule has 0 aromatic rings. The Morgan fingerprint density at radius 2 is 1.12 bits per heavy atom. The van der Waals surface area contributed by atoms with Gasteiger partial charge in [0.2, 0.25) is 0 Å². The molecule has 0 spiro atoms. The van der Waals surface area contributed by atoms with Crippen molar-refractivity contribution in [1.82, 2.24) is 0 Å². The molecule has 3 aliphatic rings. The predicted molar refractivity (Wildman–Crippen MR) is 136 cm³/mol. The first-order valence-corrected chi connectivity index (χ1v) is 14.3. The van der Waals surface area contributed by atoms with Crippen LogP contribution in [0.25, 0.3) is 0 Å². The van der Waals surface area contributed by atoms with Gasteiger partial charge in [-0.1, -0.05) is 76.2 Å². The Bertz CT molecular complexity index is 640. The summed E-state index contributed by atoms with van der Waals surface area (Å²) in [4.78, 5) is 0. The minimum Gasteiger partial charge on any atom is -0.350 e. The van der Waals surface area contributed by atoms with Crippen LogP contribution in [0.15, 0.2) is 0 Å². The number of rotatable bonds is 8. The van der Waals surface area contributed by atoms with E-state index >= 15 is 0 Å². The first-order chi connectivity index (χ1) is 16.0. The first-order valence-electron chi connectivity index (χ1n) is 14.3. The van der Waals surface area contributed by atoms with E-state index in [9.17, 15) is 0 Å². The van der Waals surface area contributed by atoms with Gasteiger partial charge in [0.1, 0.15) is 0 Å². The van der Waals surface area contributed by atoms with Crippen molar-refractivity contribution in [2.24, 2.45) is 47.3 Å². The van der Waals surface area contributed by atoms with Crippen molar-refractivity contribution in [2.75, 3.05) is 6.61 Å². The second-order valence-electron chi connectivity index (χ2n) is 12.0. The summed E-state index contributed by atoms with van der Waals surface area (Å²) < 4.78 is 32.9. The van der Waals surface area contributed by atoms with Crippen LogP contribution in [-0.4, -0.2) is 43.3 Å². The lowest BCUT2D eigenvalue weighted by Crippen LogP contribution is -2.53. The molecule has 0 unspecified atom stereocenters. The van der Waals surface area contributed by atoms with E-state index in [1.165, 1.54) is 0 Å². The van der Waals surface area contributed by atoms with E-state index in [-0.39, 0.29) is 36.8 Å². The summed E-state index contributed by atoms with van der Waals surface area (Å²) >= 11 is 0. The third-order valence-electron chi connectivity index (χ3n) is 10.4. The van der Waals surface area contributed by atoms with Crippen molar-refractivity contribution in [3.05, 3.63) is 0 Å². The first kappa shape index (κ1) is 28.4. The van der Waals surface area contributed by atoms with Crippen LogP contribution in [0.3, 0.4) is 0 Å². The molecule has 3 heterocycles. The van der Waals surface area contributed by atoms with Crippen molar-refractivity contribution >= 4 is 0 Å². The molecular formula is C29H54O5. The molecule has 34 heavy (non-hydrogen) atoms. The van der Waals surface area contributed by atoms with E-state index in [0.717, 1.165) is 19.3 Å². The lowest BCUT2D eigenvalue weighted by atomic mass is 9.78. The second kappa shape index (κ2) is 11.5. The van der Waals surface area contributed by atoms with Gasteiger partial charge < -0.3 is 23.7 Å². The normalized spacial score (nSPS) is 52.1. The quantitative estimate of drug-likeness (QED) is 0.377. The molecule has 14 atom stereocenters. The van der Waals surface area contributed by atoms with Crippen molar-refractivity contribution in [2.45, 2.75) is 132 Å². The summed E-state index contributed by atoms with van der Waals surface area (Å²) in [6.45, 7) is 25.5. The van der Waals surface area contributed by atoms with Gasteiger partial charge in [-0.15, -0.1) is 0 Å². The highest BCUT2D eigenvalue weighted by molar-refractivity contribution is 4.93. The standard InChI is InChI=1S/C29H54O5/c1-12-24-18(6)16(4)20(8)27(31-24)30-15-26-19(7)17(5)21(9)28(32-26)34-29(14-3)23(11)22(10)25(13-2)33-29/h16-28H,12-15H2,1-11H3/t16-,17-,18+,19-,20+,21+,22-,23-,24+,25+,26+,27-,28+,29-/m0/s1. The molecule has 0 N–H and O–H groups in total. The van der Waals surface area contributed by atoms with Crippen LogP contribution in [0.5, 0.6) is 0 Å². The Kier molecular flexibility index (Phi) is 9.56. The summed E-state index contributed by atoms with van der Waals surface area (Å²) in [5.74, 6) is 2.84. The molecule has 200 valence electrons. The highest BCUT2D eigenvalue weighted by atomic mass is 16.8. The Morgan fingerprint density at radius 1 is 0.588 bits per heavy atom. The molecule has 3 aliphatic heterocycles. The van der Waals surface area contributed by atoms with Crippen LogP contribution in [0, 0.1) is 47.3 Å². The minimum absolute atomic E-state index is 0.0215. The van der Waals surface area contributed by atoms with Crippen LogP contribution in [-0.2, 0) is 23.7 Å². The smallest absolute Gasteiger partial charge is 0.174 e. The van der Waals surface area contributed by atoms with E-state index in [1.54, 1.807) is 0 Å². The average molecular weight is 483 g/mol. The van der Waals surface area contributed by atoms with E-state index in [0.29, 0.717) is 48.0 Å². The van der Waals surface area contributed by atoms with Crippen molar-refractivity contribution in [3.8, 4) is 0 Å². The van der Waals surface area contributed by atoms with Gasteiger partial charge in [0.15, 0.2) is 18.4 Å². The molecule has 0 saturated carbocycles. The van der Waals surface area contributed by atoms with Gasteiger partial charge in [-0.3, -0.25) is 0 Å². The largest absolute Gasteiger partial charge is 0.350 e. The summed E-state index contributed by atoms with van der Waals surface area (Å²) in [6, 6.07) is 0. The van der Waals surface area contributed by atoms with Gasteiger partial charge in [-0.05, 0) is 48.9 Å². The van der Waals surface area contributed by atoms with Crippen molar-refractivity contribution < 1.29 is 23.7 Å². The van der Waals surface area contributed by atoms with Crippen LogP contribution in [0.4, 0.5) is 0 Å². The lowest BCUT2D eigenvalue weighted by Gasteiger charge is -2.48. The number of hydrogen-bond donors (Lipinski definition) is 0. The molecule has 3 saturated heterocycles. The molecule has 0 aliphatic carbocycles. The maximum atomic E-state index is 6.81. The third kappa shape index (κ3) is 5.25. The Morgan fingerprint density at radius 3 is 1.65 bits per heavy atom. The highest BCUT2D eigenvalue weighted by Gasteiger charge is 2.53. The zero-order chi connectivity index (χ0) is 25.4. The topological polar surface area (TPSA) is 46.2 Å². The maximum absolute atomic E-state index is 6.81. The molecule has 3 fully saturated rings. The monoisotopic (exact) mass is 482 g/mol. The third-order valence-corrected chi connectivity index (χ3v) is 10.4. The van der Waals surface area contributed by atoms with Gasteiger partial charge in [-0.25, -0.2) is 0 Å². The van der Waals surface area contributed by atoms with Gasteiger partial charge in [-0.2, -0.15) is 0 Å². The van der Waals surface area contributed by atoms with Gasteiger partial charge in [0.05, 0.1) is 24.9 Å². The molecule has 0 amide bonds. The molecule has 0 radical (unpaired) electrons. The average Bonchev–Trinajstić information content (AvgIpc) is 3.08. The van der Waals surface area contributed by atoms with Crippen LogP contribution < -0.4 is 0 Å². The molecule has 0 aromatic heterocycles. The lowest BCUT2D eigenvalue weighted by molar-refractivity contribution is -0.360. The predicted octanol–water partition coefficient (Wildman–Crippen LogP) is 6.88. The summed E-state index contributed by atoms with van der Waals surface area (Å²) in [5.41, 5.74) is 0. The van der Waals surface area contributed by atoms with Crippen LogP contribution >= 0.6 is 0 Å². The summed E-state index contributed by atoms with van der Waals surface area (Å²) in [5, 5.41) is 0. The van der Waals surface area contributed by atoms with E-state index < -0.39 is 5.79 Å². The zero-order valence-electron chi connectivity index (χ0n) is 23.9. The molecule has 5 nitrogen and oxygen atoms in total. The van der Waals surface area contributed by atoms with Gasteiger partial charge in [0, 0.05) is 17.8 Å². The Balaban J connectivity index is 1.69. The summed E-state index contributed by atoms with van der Waals surface area (Å²) in [7, 11) is 0. The number of ether oxygens (including phenoxy) is 5. The SMILES string of the molecule is CC[C@H]1O[C@H](OC[C@H]2O[C@H](O[C@]3(CC)O[C@H](CC)[C@@H](C)[C@@H]3C)[C@H](C)[C@@H](C)[C@@H]2C)[C@H](C)[C@@H](C)[C@H]1C. The second-order valence-corrected chi connectivity index (χ2v) is 12.0. The molecule has 0 bridgehead atoms. The van der Waals surface area contributed by atoms with Crippen LogP contribution in [0.2, 0.25) is 0 Å². The fraction of sp³-hybridized carbons (Fsp3) is 1.00. The fourth-order valence-corrected chi connectivity index (χ4v) is 6.61. The Hall–Kier alpha value is -0.200. The van der Waals surface area contributed by atoms with E-state index in [2.05, 4.69) is 76.2 Å². The molecule has 5 heteroatoms. The Labute approximate surface area is 210 Å². The fourth-order valence-electron chi connectivity index (χ4n) is 6.61. The van der Waals surface area contributed by atoms with Gasteiger partial charge >= 0.3 is 0 Å². The minimum atomic E-state index is -0.578. The highest BCUT2D eigenvalue weighted by Crippen LogP contribution is 2.47. The van der Waals surface area contributed by atoms with Crippen molar-refractivity contribution in [1.29, 1.82) is 0 Å². The van der Waals surface area contributed by atoms with E-state index in [1.807, 2.05) is 0 Å². The van der Waals surface area contributed by atoms with Gasteiger partial charge in [0.25, 0.3) is 0 Å². The molecular weight excluding hydrogens is 428 g/mol. The molecule has 3 rings (SSSR count). The van der Waals surface area contributed by atoms with Crippen molar-refractivity contribution in [3.63, 3.8) is 0 Å². The maximum Gasteiger partial charge on any atom is 0.174 e. The summed E-state index contributed by atoms with van der Waals surface area (Å²) in [6.07, 6.45) is 2.87.